The molecule has 0 radical (unpaired) electrons. The predicted molar refractivity (Wildman–Crippen MR) is 102 cm³/mol. The summed E-state index contributed by atoms with van der Waals surface area (Å²) >= 11 is 1.41. The number of nitrogens with zero attached hydrogens (tertiary/aromatic N) is 1. The summed E-state index contributed by atoms with van der Waals surface area (Å²) in [5, 5.41) is 4.82. The topological polar surface area (TPSA) is 58.6 Å². The molecular formula is C20H23FN2O3S. The molecule has 0 saturated carbocycles. The lowest BCUT2D eigenvalue weighted by molar-refractivity contribution is -0.127. The highest BCUT2D eigenvalue weighted by molar-refractivity contribution is 7.12. The first-order chi connectivity index (χ1) is 13.0. The van der Waals surface area contributed by atoms with Crippen molar-refractivity contribution in [3.05, 3.63) is 52.0 Å². The lowest BCUT2D eigenvalue weighted by Crippen LogP contribution is -2.45. The van der Waals surface area contributed by atoms with E-state index in [1.54, 1.807) is 23.1 Å². The standard InChI is InChI=1S/C20H23FN2O3S/c1-13(14-7-8-17(26-2)16(21)11-14)22-19(24)15-5-3-9-23(12-15)20(25)18-6-4-10-27-18/h4,6-8,10-11,13,15H,3,5,9,12H2,1-2H3,(H,22,24). The van der Waals surface area contributed by atoms with E-state index in [0.717, 1.165) is 12.8 Å². The van der Waals surface area contributed by atoms with Crippen molar-refractivity contribution in [1.29, 1.82) is 0 Å². The Morgan fingerprint density at radius 1 is 1.37 bits per heavy atom. The van der Waals surface area contributed by atoms with E-state index in [4.69, 9.17) is 4.74 Å². The second kappa shape index (κ2) is 8.52. The fourth-order valence-electron chi connectivity index (χ4n) is 3.30. The number of carbonyl (C=O) groups is 2. The number of ether oxygens (including phenoxy) is 1. The molecular weight excluding hydrogens is 367 g/mol. The van der Waals surface area contributed by atoms with E-state index in [2.05, 4.69) is 5.32 Å². The number of thiophene rings is 1. The Bertz CT molecular complexity index is 810. The van der Waals surface area contributed by atoms with Gasteiger partial charge in [-0.3, -0.25) is 9.59 Å². The number of rotatable bonds is 5. The molecule has 1 aromatic carbocycles. The van der Waals surface area contributed by atoms with Gasteiger partial charge in [0.2, 0.25) is 5.91 Å². The minimum Gasteiger partial charge on any atom is -0.494 e. The van der Waals surface area contributed by atoms with E-state index < -0.39 is 5.82 Å². The quantitative estimate of drug-likeness (QED) is 0.848. The molecule has 144 valence electrons. The number of hydrogen-bond donors (Lipinski definition) is 1. The van der Waals surface area contributed by atoms with Gasteiger partial charge in [-0.05, 0) is 48.9 Å². The predicted octanol–water partition coefficient (Wildman–Crippen LogP) is 3.63. The molecule has 2 aromatic rings. The average molecular weight is 390 g/mol. The highest BCUT2D eigenvalue weighted by atomic mass is 32.1. The third-order valence-corrected chi connectivity index (χ3v) is 5.70. The van der Waals surface area contributed by atoms with Gasteiger partial charge in [-0.1, -0.05) is 12.1 Å². The number of benzene rings is 1. The molecule has 1 N–H and O–H groups in total. The van der Waals surface area contributed by atoms with Crippen molar-refractivity contribution in [3.63, 3.8) is 0 Å². The van der Waals surface area contributed by atoms with Crippen LogP contribution >= 0.6 is 11.3 Å². The number of piperidine rings is 1. The minimum absolute atomic E-state index is 0.0206. The van der Waals surface area contributed by atoms with Crippen molar-refractivity contribution >= 4 is 23.2 Å². The number of amides is 2. The smallest absolute Gasteiger partial charge is 0.263 e. The molecule has 7 heteroatoms. The van der Waals surface area contributed by atoms with E-state index in [-0.39, 0.29) is 29.5 Å². The zero-order valence-electron chi connectivity index (χ0n) is 15.4. The van der Waals surface area contributed by atoms with Crippen LogP contribution in [0.3, 0.4) is 0 Å². The van der Waals surface area contributed by atoms with Gasteiger partial charge in [-0.25, -0.2) is 4.39 Å². The second-order valence-electron chi connectivity index (χ2n) is 6.69. The first-order valence-electron chi connectivity index (χ1n) is 8.96. The van der Waals surface area contributed by atoms with Gasteiger partial charge in [0, 0.05) is 13.1 Å². The molecule has 2 amide bonds. The fourth-order valence-corrected chi connectivity index (χ4v) is 3.99. The van der Waals surface area contributed by atoms with Gasteiger partial charge in [0.05, 0.1) is 23.9 Å². The average Bonchev–Trinajstić information content (AvgIpc) is 3.22. The minimum atomic E-state index is -0.457. The number of hydrogen-bond acceptors (Lipinski definition) is 4. The summed E-state index contributed by atoms with van der Waals surface area (Å²) in [4.78, 5) is 27.6. The molecule has 0 bridgehead atoms. The zero-order valence-corrected chi connectivity index (χ0v) is 16.2. The number of methoxy groups -OCH3 is 1. The fraction of sp³-hybridized carbons (Fsp3) is 0.400. The summed E-state index contributed by atoms with van der Waals surface area (Å²) in [5.41, 5.74) is 0.670. The zero-order chi connectivity index (χ0) is 19.4. The summed E-state index contributed by atoms with van der Waals surface area (Å²) in [6.07, 6.45) is 1.53. The summed E-state index contributed by atoms with van der Waals surface area (Å²) in [6, 6.07) is 7.98. The monoisotopic (exact) mass is 390 g/mol. The van der Waals surface area contributed by atoms with Crippen LogP contribution in [0.5, 0.6) is 5.75 Å². The molecule has 0 spiro atoms. The summed E-state index contributed by atoms with van der Waals surface area (Å²) < 4.78 is 18.8. The van der Waals surface area contributed by atoms with Crippen molar-refractivity contribution in [2.75, 3.05) is 20.2 Å². The Kier molecular flexibility index (Phi) is 6.11. The van der Waals surface area contributed by atoms with Crippen LogP contribution in [0.1, 0.15) is 41.0 Å². The van der Waals surface area contributed by atoms with Crippen molar-refractivity contribution in [2.45, 2.75) is 25.8 Å². The Morgan fingerprint density at radius 3 is 2.85 bits per heavy atom. The van der Waals surface area contributed by atoms with Crippen LogP contribution in [-0.2, 0) is 4.79 Å². The van der Waals surface area contributed by atoms with Crippen molar-refractivity contribution in [3.8, 4) is 5.75 Å². The Hall–Kier alpha value is -2.41. The van der Waals surface area contributed by atoms with Gasteiger partial charge < -0.3 is 15.0 Å². The molecule has 5 nitrogen and oxygen atoms in total. The largest absolute Gasteiger partial charge is 0.494 e. The molecule has 1 aliphatic heterocycles. The molecule has 27 heavy (non-hydrogen) atoms. The van der Waals surface area contributed by atoms with Crippen LogP contribution in [0.25, 0.3) is 0 Å². The normalized spacial score (nSPS) is 18.0. The van der Waals surface area contributed by atoms with Crippen LogP contribution in [-0.4, -0.2) is 36.9 Å². The SMILES string of the molecule is COc1ccc(C(C)NC(=O)C2CCCN(C(=O)c3cccs3)C2)cc1F. The van der Waals surface area contributed by atoms with E-state index in [1.807, 2.05) is 18.4 Å². The molecule has 3 rings (SSSR count). The molecule has 0 aliphatic carbocycles. The number of likely N-dealkylation sites (tertiary alicyclic amines) is 1. The maximum absolute atomic E-state index is 13.9. The van der Waals surface area contributed by atoms with Gasteiger partial charge in [-0.2, -0.15) is 0 Å². The lowest BCUT2D eigenvalue weighted by Gasteiger charge is -2.32. The van der Waals surface area contributed by atoms with Gasteiger partial charge in [0.1, 0.15) is 0 Å². The Labute approximate surface area is 162 Å². The molecule has 2 unspecified atom stereocenters. The van der Waals surface area contributed by atoms with Crippen molar-refractivity contribution < 1.29 is 18.7 Å². The highest BCUT2D eigenvalue weighted by Gasteiger charge is 2.30. The number of halogens is 1. The van der Waals surface area contributed by atoms with Gasteiger partial charge in [0.25, 0.3) is 5.91 Å². The van der Waals surface area contributed by atoms with Crippen molar-refractivity contribution in [2.24, 2.45) is 5.92 Å². The van der Waals surface area contributed by atoms with Gasteiger partial charge >= 0.3 is 0 Å². The van der Waals surface area contributed by atoms with Crippen LogP contribution in [0.15, 0.2) is 35.7 Å². The maximum Gasteiger partial charge on any atom is 0.263 e. The highest BCUT2D eigenvalue weighted by Crippen LogP contribution is 2.24. The molecule has 2 heterocycles. The van der Waals surface area contributed by atoms with Crippen LogP contribution < -0.4 is 10.1 Å². The number of nitrogens with one attached hydrogen (secondary N) is 1. The van der Waals surface area contributed by atoms with E-state index >= 15 is 0 Å². The van der Waals surface area contributed by atoms with Crippen molar-refractivity contribution in [1.82, 2.24) is 10.2 Å². The Morgan fingerprint density at radius 2 is 2.19 bits per heavy atom. The van der Waals surface area contributed by atoms with Crippen LogP contribution in [0.2, 0.25) is 0 Å². The Balaban J connectivity index is 1.61. The molecule has 2 atom stereocenters. The summed E-state index contributed by atoms with van der Waals surface area (Å²) in [7, 11) is 1.41. The third kappa shape index (κ3) is 4.47. The first-order valence-corrected chi connectivity index (χ1v) is 9.84. The second-order valence-corrected chi connectivity index (χ2v) is 7.64. The first kappa shape index (κ1) is 19.4. The maximum atomic E-state index is 13.9. The van der Waals surface area contributed by atoms with E-state index in [0.29, 0.717) is 23.5 Å². The third-order valence-electron chi connectivity index (χ3n) is 4.85. The molecule has 1 aromatic heterocycles. The van der Waals surface area contributed by atoms with Gasteiger partial charge in [-0.15, -0.1) is 11.3 Å². The van der Waals surface area contributed by atoms with E-state index in [1.165, 1.54) is 24.5 Å². The summed E-state index contributed by atoms with van der Waals surface area (Å²) in [5.74, 6) is -0.669. The van der Waals surface area contributed by atoms with Crippen LogP contribution in [0, 0.1) is 11.7 Å². The molecule has 1 fully saturated rings. The summed E-state index contributed by atoms with van der Waals surface area (Å²) in [6.45, 7) is 2.89. The molecule has 1 aliphatic rings. The molecule has 1 saturated heterocycles. The van der Waals surface area contributed by atoms with Crippen LogP contribution in [0.4, 0.5) is 4.39 Å². The lowest BCUT2D eigenvalue weighted by atomic mass is 9.96. The van der Waals surface area contributed by atoms with Gasteiger partial charge in [0.15, 0.2) is 11.6 Å². The number of carbonyl (C=O) groups excluding carboxylic acids is 2. The van der Waals surface area contributed by atoms with E-state index in [9.17, 15) is 14.0 Å².